The predicted molar refractivity (Wildman–Crippen MR) is 112 cm³/mol. The summed E-state index contributed by atoms with van der Waals surface area (Å²) in [5.74, 6) is 1.37. The van der Waals surface area contributed by atoms with Crippen molar-refractivity contribution >= 4 is 11.9 Å². The average Bonchev–Trinajstić information content (AvgIpc) is 3.23. The van der Waals surface area contributed by atoms with Crippen LogP contribution in [0.3, 0.4) is 0 Å². The predicted octanol–water partition coefficient (Wildman–Crippen LogP) is 3.52. The highest BCUT2D eigenvalue weighted by Crippen LogP contribution is 2.46. The standard InChI is InChI=1S/C23H33N3O3/c1-17(2)24-22(28)26-13-9-23(10-14-26)16-18(15-21(27)25-11-5-6-12-25)19-7-3-4-8-20(19)29-23/h3-4,7-8,17-18H,5-6,9-16H2,1-2H3,(H,24,28). The number of carbonyl (C=O) groups excluding carboxylic acids is 2. The molecule has 3 heterocycles. The molecule has 6 heteroatoms. The molecule has 29 heavy (non-hydrogen) atoms. The van der Waals surface area contributed by atoms with Gasteiger partial charge >= 0.3 is 6.03 Å². The van der Waals surface area contributed by atoms with Gasteiger partial charge in [0.05, 0.1) is 0 Å². The first-order chi connectivity index (χ1) is 14.0. The van der Waals surface area contributed by atoms with Gasteiger partial charge in [-0.15, -0.1) is 0 Å². The number of rotatable bonds is 3. The van der Waals surface area contributed by atoms with E-state index in [0.29, 0.717) is 19.5 Å². The van der Waals surface area contributed by atoms with Gasteiger partial charge in [0.25, 0.3) is 0 Å². The Balaban J connectivity index is 1.47. The number of benzene rings is 1. The van der Waals surface area contributed by atoms with Gasteiger partial charge in [-0.2, -0.15) is 0 Å². The van der Waals surface area contributed by atoms with E-state index < -0.39 is 0 Å². The molecule has 3 amide bonds. The Kier molecular flexibility index (Phi) is 5.70. The molecule has 1 N–H and O–H groups in total. The second kappa shape index (κ2) is 8.25. The number of hydrogen-bond acceptors (Lipinski definition) is 3. The molecule has 2 saturated heterocycles. The SMILES string of the molecule is CC(C)NC(=O)N1CCC2(CC1)CC(CC(=O)N1CCCC1)c1ccccc1O2. The first-order valence-corrected chi connectivity index (χ1v) is 11.1. The van der Waals surface area contributed by atoms with Crippen molar-refractivity contribution in [2.45, 2.75) is 69.9 Å². The second-order valence-electron chi connectivity index (χ2n) is 9.11. The minimum absolute atomic E-state index is 0.00632. The molecule has 1 unspecified atom stereocenters. The van der Waals surface area contributed by atoms with Crippen molar-refractivity contribution in [3.8, 4) is 5.75 Å². The fourth-order valence-electron chi connectivity index (χ4n) is 4.99. The van der Waals surface area contributed by atoms with Crippen LogP contribution in [0.5, 0.6) is 5.75 Å². The zero-order chi connectivity index (χ0) is 20.4. The Labute approximate surface area is 173 Å². The first-order valence-electron chi connectivity index (χ1n) is 11.1. The maximum absolute atomic E-state index is 12.9. The highest BCUT2D eigenvalue weighted by atomic mass is 16.5. The van der Waals surface area contributed by atoms with E-state index in [1.165, 1.54) is 0 Å². The van der Waals surface area contributed by atoms with Gasteiger partial charge in [-0.1, -0.05) is 18.2 Å². The molecule has 4 rings (SSSR count). The number of piperidine rings is 1. The summed E-state index contributed by atoms with van der Waals surface area (Å²) in [6, 6.07) is 8.31. The van der Waals surface area contributed by atoms with Crippen LogP contribution in [0.1, 0.15) is 63.9 Å². The lowest BCUT2D eigenvalue weighted by atomic mass is 9.76. The van der Waals surface area contributed by atoms with Gasteiger partial charge in [0.15, 0.2) is 0 Å². The quantitative estimate of drug-likeness (QED) is 0.846. The summed E-state index contributed by atoms with van der Waals surface area (Å²) in [6.45, 7) is 7.13. The van der Waals surface area contributed by atoms with Crippen LogP contribution in [-0.4, -0.2) is 59.6 Å². The number of likely N-dealkylation sites (tertiary alicyclic amines) is 2. The topological polar surface area (TPSA) is 61.9 Å². The molecule has 6 nitrogen and oxygen atoms in total. The number of nitrogens with one attached hydrogen (secondary N) is 1. The van der Waals surface area contributed by atoms with Gasteiger partial charge in [0.1, 0.15) is 11.4 Å². The second-order valence-corrected chi connectivity index (χ2v) is 9.11. The molecule has 2 fully saturated rings. The lowest BCUT2D eigenvalue weighted by Gasteiger charge is -2.47. The molecule has 0 aliphatic carbocycles. The molecule has 0 radical (unpaired) electrons. The van der Waals surface area contributed by atoms with Gasteiger partial charge in [-0.25, -0.2) is 4.79 Å². The van der Waals surface area contributed by atoms with Gasteiger partial charge in [-0.3, -0.25) is 4.79 Å². The maximum atomic E-state index is 12.9. The van der Waals surface area contributed by atoms with Crippen molar-refractivity contribution in [3.05, 3.63) is 29.8 Å². The Bertz CT molecular complexity index is 749. The van der Waals surface area contributed by atoms with E-state index in [1.54, 1.807) is 0 Å². The molecular formula is C23H33N3O3. The summed E-state index contributed by atoms with van der Waals surface area (Å²) in [4.78, 5) is 29.1. The van der Waals surface area contributed by atoms with Crippen molar-refractivity contribution < 1.29 is 14.3 Å². The van der Waals surface area contributed by atoms with Crippen LogP contribution in [0.15, 0.2) is 24.3 Å². The summed E-state index contributed by atoms with van der Waals surface area (Å²) in [6.07, 6.45) is 5.26. The number of carbonyl (C=O) groups is 2. The number of hydrogen-bond donors (Lipinski definition) is 1. The molecule has 1 aromatic rings. The fourth-order valence-corrected chi connectivity index (χ4v) is 4.99. The third kappa shape index (κ3) is 4.36. The normalized spacial score (nSPS) is 23.1. The highest BCUT2D eigenvalue weighted by Gasteiger charge is 2.44. The Morgan fingerprint density at radius 2 is 1.79 bits per heavy atom. The van der Waals surface area contributed by atoms with Gasteiger partial charge in [-0.05, 0) is 44.7 Å². The number of urea groups is 1. The van der Waals surface area contributed by atoms with E-state index >= 15 is 0 Å². The Morgan fingerprint density at radius 3 is 2.48 bits per heavy atom. The molecule has 1 spiro atoms. The molecule has 0 bridgehead atoms. The Morgan fingerprint density at radius 1 is 1.10 bits per heavy atom. The molecule has 158 valence electrons. The molecule has 1 aromatic carbocycles. The number of fused-ring (bicyclic) bond motifs is 1. The first kappa shape index (κ1) is 20.0. The third-order valence-electron chi connectivity index (χ3n) is 6.56. The van der Waals surface area contributed by atoms with Crippen molar-refractivity contribution in [1.82, 2.24) is 15.1 Å². The summed E-state index contributed by atoms with van der Waals surface area (Å²) in [5.41, 5.74) is 0.879. The van der Waals surface area contributed by atoms with Crippen LogP contribution < -0.4 is 10.1 Å². The van der Waals surface area contributed by atoms with E-state index in [0.717, 1.165) is 56.5 Å². The van der Waals surface area contributed by atoms with Gasteiger partial charge in [0.2, 0.25) is 5.91 Å². The fraction of sp³-hybridized carbons (Fsp3) is 0.652. The molecular weight excluding hydrogens is 366 g/mol. The molecule has 0 aromatic heterocycles. The van der Waals surface area contributed by atoms with Crippen molar-refractivity contribution in [3.63, 3.8) is 0 Å². The minimum Gasteiger partial charge on any atom is -0.487 e. The maximum Gasteiger partial charge on any atom is 0.317 e. The van der Waals surface area contributed by atoms with Crippen LogP contribution in [-0.2, 0) is 4.79 Å². The smallest absolute Gasteiger partial charge is 0.317 e. The van der Waals surface area contributed by atoms with Crippen LogP contribution in [0.2, 0.25) is 0 Å². The number of amides is 3. The zero-order valence-electron chi connectivity index (χ0n) is 17.7. The van der Waals surface area contributed by atoms with Crippen molar-refractivity contribution in [1.29, 1.82) is 0 Å². The van der Waals surface area contributed by atoms with Crippen molar-refractivity contribution in [2.24, 2.45) is 0 Å². The van der Waals surface area contributed by atoms with E-state index in [9.17, 15) is 9.59 Å². The molecule has 3 aliphatic heterocycles. The number of nitrogens with zero attached hydrogens (tertiary/aromatic N) is 2. The lowest BCUT2D eigenvalue weighted by Crippen LogP contribution is -2.54. The summed E-state index contributed by atoms with van der Waals surface area (Å²) in [5, 5.41) is 2.98. The summed E-state index contributed by atoms with van der Waals surface area (Å²) >= 11 is 0. The Hall–Kier alpha value is -2.24. The van der Waals surface area contributed by atoms with Crippen LogP contribution in [0.4, 0.5) is 4.79 Å². The highest BCUT2D eigenvalue weighted by molar-refractivity contribution is 5.77. The largest absolute Gasteiger partial charge is 0.487 e. The van der Waals surface area contributed by atoms with Crippen molar-refractivity contribution in [2.75, 3.05) is 26.2 Å². The lowest BCUT2D eigenvalue weighted by molar-refractivity contribution is -0.131. The monoisotopic (exact) mass is 399 g/mol. The third-order valence-corrected chi connectivity index (χ3v) is 6.56. The van der Waals surface area contributed by atoms with E-state index in [4.69, 9.17) is 4.74 Å². The zero-order valence-corrected chi connectivity index (χ0v) is 17.7. The molecule has 1 atom stereocenters. The number of para-hydroxylation sites is 1. The van der Waals surface area contributed by atoms with E-state index in [-0.39, 0.29) is 29.5 Å². The molecule has 0 saturated carbocycles. The van der Waals surface area contributed by atoms with Crippen LogP contribution >= 0.6 is 0 Å². The summed E-state index contributed by atoms with van der Waals surface area (Å²) in [7, 11) is 0. The van der Waals surface area contributed by atoms with E-state index in [2.05, 4.69) is 11.4 Å². The van der Waals surface area contributed by atoms with Crippen LogP contribution in [0, 0.1) is 0 Å². The number of ether oxygens (including phenoxy) is 1. The average molecular weight is 400 g/mol. The van der Waals surface area contributed by atoms with Crippen LogP contribution in [0.25, 0.3) is 0 Å². The van der Waals surface area contributed by atoms with Gasteiger partial charge in [0, 0.05) is 57.4 Å². The summed E-state index contributed by atoms with van der Waals surface area (Å²) < 4.78 is 6.52. The van der Waals surface area contributed by atoms with E-state index in [1.807, 2.05) is 41.8 Å². The molecule has 3 aliphatic rings. The minimum atomic E-state index is -0.279. The van der Waals surface area contributed by atoms with Gasteiger partial charge < -0.3 is 19.9 Å².